The number of ether oxygens (including phenoxy) is 1. The first-order valence-electron chi connectivity index (χ1n) is 5.96. The van der Waals surface area contributed by atoms with E-state index in [1.807, 2.05) is 6.92 Å². The molecule has 2 nitrogen and oxygen atoms in total. The van der Waals surface area contributed by atoms with E-state index >= 15 is 0 Å². The standard InChI is InChI=1S/C15H15F2NO/c1-9-3-5-12(16)15(7-9)19-14-6-4-11(10(2)18)8-13(14)17/h3-8,10H,18H2,1-2H3/t10-/m0/s1. The van der Waals surface area contributed by atoms with Gasteiger partial charge in [0.15, 0.2) is 23.1 Å². The first-order valence-corrected chi connectivity index (χ1v) is 5.96. The SMILES string of the molecule is Cc1ccc(F)c(Oc2ccc([C@H](C)N)cc2F)c1. The number of hydrogen-bond donors (Lipinski definition) is 1. The number of halogens is 2. The zero-order valence-electron chi connectivity index (χ0n) is 10.8. The van der Waals surface area contributed by atoms with Crippen LogP contribution in [0.25, 0.3) is 0 Å². The molecular weight excluding hydrogens is 248 g/mol. The average Bonchev–Trinajstić information content (AvgIpc) is 2.36. The van der Waals surface area contributed by atoms with Gasteiger partial charge in [0.1, 0.15) is 0 Å². The first-order chi connectivity index (χ1) is 8.97. The van der Waals surface area contributed by atoms with Gasteiger partial charge in [0.25, 0.3) is 0 Å². The van der Waals surface area contributed by atoms with E-state index in [2.05, 4.69) is 0 Å². The zero-order chi connectivity index (χ0) is 14.0. The highest BCUT2D eigenvalue weighted by Crippen LogP contribution is 2.28. The van der Waals surface area contributed by atoms with Crippen LogP contribution in [0.5, 0.6) is 11.5 Å². The molecule has 2 N–H and O–H groups in total. The van der Waals surface area contributed by atoms with Gasteiger partial charge >= 0.3 is 0 Å². The molecule has 0 aliphatic carbocycles. The van der Waals surface area contributed by atoms with Crippen LogP contribution < -0.4 is 10.5 Å². The van der Waals surface area contributed by atoms with Gasteiger partial charge in [-0.3, -0.25) is 0 Å². The molecule has 19 heavy (non-hydrogen) atoms. The highest BCUT2D eigenvalue weighted by Gasteiger charge is 2.11. The Morgan fingerprint density at radius 2 is 1.74 bits per heavy atom. The van der Waals surface area contributed by atoms with E-state index in [9.17, 15) is 8.78 Å². The van der Waals surface area contributed by atoms with Crippen LogP contribution in [0, 0.1) is 18.6 Å². The zero-order valence-corrected chi connectivity index (χ0v) is 10.8. The third-order valence-corrected chi connectivity index (χ3v) is 2.79. The summed E-state index contributed by atoms with van der Waals surface area (Å²) in [6, 6.07) is 8.59. The Hall–Kier alpha value is -1.94. The van der Waals surface area contributed by atoms with E-state index in [1.165, 1.54) is 24.3 Å². The molecule has 0 amide bonds. The van der Waals surface area contributed by atoms with Crippen molar-refractivity contribution >= 4 is 0 Å². The lowest BCUT2D eigenvalue weighted by atomic mass is 10.1. The number of nitrogens with two attached hydrogens (primary N) is 1. The summed E-state index contributed by atoms with van der Waals surface area (Å²) in [5.41, 5.74) is 7.16. The van der Waals surface area contributed by atoms with Gasteiger partial charge in [0.05, 0.1) is 0 Å². The molecule has 0 aliphatic heterocycles. The number of benzene rings is 2. The van der Waals surface area contributed by atoms with Crippen molar-refractivity contribution in [2.45, 2.75) is 19.9 Å². The predicted octanol–water partition coefficient (Wildman–Crippen LogP) is 4.09. The van der Waals surface area contributed by atoms with Crippen LogP contribution in [0.15, 0.2) is 36.4 Å². The van der Waals surface area contributed by atoms with Gasteiger partial charge in [-0.15, -0.1) is 0 Å². The summed E-state index contributed by atoms with van der Waals surface area (Å²) in [5, 5.41) is 0. The van der Waals surface area contributed by atoms with E-state index in [4.69, 9.17) is 10.5 Å². The maximum Gasteiger partial charge on any atom is 0.166 e. The van der Waals surface area contributed by atoms with Crippen molar-refractivity contribution < 1.29 is 13.5 Å². The summed E-state index contributed by atoms with van der Waals surface area (Å²) in [7, 11) is 0. The van der Waals surface area contributed by atoms with Crippen molar-refractivity contribution in [1.29, 1.82) is 0 Å². The van der Waals surface area contributed by atoms with Gasteiger partial charge in [-0.1, -0.05) is 12.1 Å². The second-order valence-electron chi connectivity index (χ2n) is 4.51. The molecule has 4 heteroatoms. The molecule has 0 aromatic heterocycles. The Kier molecular flexibility index (Phi) is 3.81. The van der Waals surface area contributed by atoms with Gasteiger partial charge in [-0.25, -0.2) is 8.78 Å². The molecule has 0 heterocycles. The third-order valence-electron chi connectivity index (χ3n) is 2.79. The molecule has 0 aliphatic rings. The fraction of sp³-hybridized carbons (Fsp3) is 0.200. The van der Waals surface area contributed by atoms with E-state index in [1.54, 1.807) is 19.1 Å². The summed E-state index contributed by atoms with van der Waals surface area (Å²) in [6.07, 6.45) is 0. The molecule has 0 unspecified atom stereocenters. The normalized spacial score (nSPS) is 12.3. The van der Waals surface area contributed by atoms with Crippen molar-refractivity contribution in [3.05, 3.63) is 59.2 Å². The lowest BCUT2D eigenvalue weighted by Crippen LogP contribution is -2.05. The van der Waals surface area contributed by atoms with E-state index in [0.29, 0.717) is 5.56 Å². The van der Waals surface area contributed by atoms with Crippen LogP contribution in [0.1, 0.15) is 24.1 Å². The monoisotopic (exact) mass is 263 g/mol. The van der Waals surface area contributed by atoms with Gasteiger partial charge in [-0.2, -0.15) is 0 Å². The highest BCUT2D eigenvalue weighted by atomic mass is 19.1. The molecule has 0 spiro atoms. The topological polar surface area (TPSA) is 35.2 Å². The maximum absolute atomic E-state index is 13.8. The van der Waals surface area contributed by atoms with Gasteiger partial charge in [-0.05, 0) is 49.2 Å². The van der Waals surface area contributed by atoms with Crippen LogP contribution in [0.2, 0.25) is 0 Å². The minimum absolute atomic E-state index is 0.00690. The maximum atomic E-state index is 13.8. The highest BCUT2D eigenvalue weighted by molar-refractivity contribution is 5.37. The van der Waals surface area contributed by atoms with Crippen molar-refractivity contribution in [1.82, 2.24) is 0 Å². The van der Waals surface area contributed by atoms with Crippen molar-refractivity contribution in [3.63, 3.8) is 0 Å². The van der Waals surface area contributed by atoms with Crippen LogP contribution in [0.4, 0.5) is 8.78 Å². The lowest BCUT2D eigenvalue weighted by Gasteiger charge is -2.11. The van der Waals surface area contributed by atoms with Crippen molar-refractivity contribution in [2.75, 3.05) is 0 Å². The molecule has 0 saturated carbocycles. The van der Waals surface area contributed by atoms with Gasteiger partial charge in [0, 0.05) is 6.04 Å². The van der Waals surface area contributed by atoms with Crippen LogP contribution in [-0.2, 0) is 0 Å². The van der Waals surface area contributed by atoms with Crippen LogP contribution >= 0.6 is 0 Å². The number of rotatable bonds is 3. The smallest absolute Gasteiger partial charge is 0.166 e. The second kappa shape index (κ2) is 5.36. The third kappa shape index (κ3) is 3.09. The molecule has 0 saturated heterocycles. The molecule has 0 bridgehead atoms. The Balaban J connectivity index is 2.31. The summed E-state index contributed by atoms with van der Waals surface area (Å²) in [6.45, 7) is 3.57. The minimum Gasteiger partial charge on any atom is -0.451 e. The van der Waals surface area contributed by atoms with E-state index in [-0.39, 0.29) is 17.5 Å². The Labute approximate surface area is 110 Å². The van der Waals surface area contributed by atoms with Gasteiger partial charge in [0.2, 0.25) is 0 Å². The second-order valence-corrected chi connectivity index (χ2v) is 4.51. The summed E-state index contributed by atoms with van der Waals surface area (Å²) in [4.78, 5) is 0. The van der Waals surface area contributed by atoms with Crippen LogP contribution in [-0.4, -0.2) is 0 Å². The summed E-state index contributed by atoms with van der Waals surface area (Å²) >= 11 is 0. The Morgan fingerprint density at radius 1 is 1.00 bits per heavy atom. The molecule has 2 aromatic rings. The predicted molar refractivity (Wildman–Crippen MR) is 70.2 cm³/mol. The average molecular weight is 263 g/mol. The molecule has 0 fully saturated rings. The fourth-order valence-electron chi connectivity index (χ4n) is 1.69. The molecule has 2 rings (SSSR count). The van der Waals surface area contributed by atoms with Gasteiger partial charge < -0.3 is 10.5 Å². The van der Waals surface area contributed by atoms with E-state index in [0.717, 1.165) is 5.56 Å². The molecule has 2 aromatic carbocycles. The quantitative estimate of drug-likeness (QED) is 0.905. The van der Waals surface area contributed by atoms with Crippen molar-refractivity contribution in [3.8, 4) is 11.5 Å². The Morgan fingerprint density at radius 3 is 2.37 bits per heavy atom. The largest absolute Gasteiger partial charge is 0.451 e. The van der Waals surface area contributed by atoms with E-state index < -0.39 is 11.6 Å². The molecular formula is C15H15F2NO. The van der Waals surface area contributed by atoms with Crippen LogP contribution in [0.3, 0.4) is 0 Å². The molecule has 0 radical (unpaired) electrons. The first kappa shape index (κ1) is 13.5. The summed E-state index contributed by atoms with van der Waals surface area (Å²) in [5.74, 6) is -1.10. The molecule has 100 valence electrons. The fourth-order valence-corrected chi connectivity index (χ4v) is 1.69. The Bertz CT molecular complexity index is 597. The molecule has 1 atom stereocenters. The number of hydrogen-bond acceptors (Lipinski definition) is 2. The number of aryl methyl sites for hydroxylation is 1. The summed E-state index contributed by atoms with van der Waals surface area (Å²) < 4.78 is 32.6. The van der Waals surface area contributed by atoms with Crippen molar-refractivity contribution in [2.24, 2.45) is 5.73 Å². The minimum atomic E-state index is -0.560. The lowest BCUT2D eigenvalue weighted by molar-refractivity contribution is 0.413.